The molecule has 2 atom stereocenters. The lowest BCUT2D eigenvalue weighted by molar-refractivity contribution is -0.139. The summed E-state index contributed by atoms with van der Waals surface area (Å²) in [6, 6.07) is 13.2. The molecule has 3 rings (SSSR count). The van der Waals surface area contributed by atoms with Crippen LogP contribution in [-0.2, 0) is 11.3 Å². The van der Waals surface area contributed by atoms with Crippen LogP contribution < -0.4 is 4.74 Å². The van der Waals surface area contributed by atoms with Gasteiger partial charge in [0.05, 0.1) is 0 Å². The molecule has 0 aromatic heterocycles. The molecule has 0 unspecified atom stereocenters. The molecule has 1 fully saturated rings. The van der Waals surface area contributed by atoms with Gasteiger partial charge in [-0.3, -0.25) is 9.69 Å². The van der Waals surface area contributed by atoms with Crippen molar-refractivity contribution in [3.8, 4) is 5.75 Å². The number of rotatable bonds is 7. The number of hydrogen-bond donors (Lipinski definition) is 0. The molecule has 0 spiro atoms. The summed E-state index contributed by atoms with van der Waals surface area (Å²) in [6.45, 7) is 15.1. The Hall–Kier alpha value is -2.40. The van der Waals surface area contributed by atoms with Gasteiger partial charge in [-0.25, -0.2) is 4.39 Å². The van der Waals surface area contributed by atoms with Crippen LogP contribution in [0.5, 0.6) is 5.75 Å². The smallest absolute Gasteiger partial charge is 0.260 e. The molecule has 2 aromatic carbocycles. The maximum absolute atomic E-state index is 13.2. The SMILES string of the molecule is CC(C)c1cccc(C(C)C)c1OCC(=O)N1C[C@H](C)N(Cc2ccc(F)cc2)C[C@H]1C. The zero-order valence-electron chi connectivity index (χ0n) is 20.3. The average molecular weight is 441 g/mol. The van der Waals surface area contributed by atoms with Crippen LogP contribution in [0.4, 0.5) is 4.39 Å². The standard InChI is InChI=1S/C27H37FN2O2/c1-18(2)24-8-7-9-25(19(3)4)27(24)32-17-26(31)30-15-20(5)29(14-21(30)6)16-22-10-12-23(28)13-11-22/h7-13,18-21H,14-17H2,1-6H3/t20-,21+/m0/s1. The first-order chi connectivity index (χ1) is 15.2. The topological polar surface area (TPSA) is 32.8 Å². The summed E-state index contributed by atoms with van der Waals surface area (Å²) in [6.07, 6.45) is 0. The first kappa shape index (κ1) is 24.2. The number of benzene rings is 2. The van der Waals surface area contributed by atoms with E-state index in [0.29, 0.717) is 18.4 Å². The van der Waals surface area contributed by atoms with Crippen LogP contribution in [0.1, 0.15) is 70.1 Å². The fourth-order valence-corrected chi connectivity index (χ4v) is 4.46. The highest BCUT2D eigenvalue weighted by Gasteiger charge is 2.32. The molecule has 5 heteroatoms. The fraction of sp³-hybridized carbons (Fsp3) is 0.519. The largest absolute Gasteiger partial charge is 0.483 e. The van der Waals surface area contributed by atoms with Crippen LogP contribution in [0, 0.1) is 5.82 Å². The number of carbonyl (C=O) groups is 1. The van der Waals surface area contributed by atoms with Crippen LogP contribution in [0.25, 0.3) is 0 Å². The Morgan fingerprint density at radius 3 is 2.12 bits per heavy atom. The van der Waals surface area contributed by atoms with Crippen molar-refractivity contribution < 1.29 is 13.9 Å². The van der Waals surface area contributed by atoms with Gasteiger partial charge in [0.15, 0.2) is 6.61 Å². The second kappa shape index (κ2) is 10.5. The van der Waals surface area contributed by atoms with E-state index >= 15 is 0 Å². The van der Waals surface area contributed by atoms with E-state index in [-0.39, 0.29) is 30.4 Å². The van der Waals surface area contributed by atoms with Gasteiger partial charge in [0.25, 0.3) is 5.91 Å². The van der Waals surface area contributed by atoms with Gasteiger partial charge >= 0.3 is 0 Å². The minimum absolute atomic E-state index is 0.0269. The van der Waals surface area contributed by atoms with Crippen molar-refractivity contribution in [1.29, 1.82) is 0 Å². The van der Waals surface area contributed by atoms with E-state index in [2.05, 4.69) is 64.6 Å². The molecule has 0 N–H and O–H groups in total. The first-order valence-corrected chi connectivity index (χ1v) is 11.7. The molecule has 0 aliphatic carbocycles. The molecule has 32 heavy (non-hydrogen) atoms. The Kier molecular flexibility index (Phi) is 7.94. The maximum Gasteiger partial charge on any atom is 0.260 e. The van der Waals surface area contributed by atoms with Crippen molar-refractivity contribution in [3.05, 3.63) is 65.0 Å². The summed E-state index contributed by atoms with van der Waals surface area (Å²) in [5.74, 6) is 1.33. The molecule has 0 saturated carbocycles. The van der Waals surface area contributed by atoms with Crippen LogP contribution in [-0.4, -0.2) is 47.5 Å². The van der Waals surface area contributed by atoms with Gasteiger partial charge in [0.1, 0.15) is 11.6 Å². The van der Waals surface area contributed by atoms with E-state index in [1.807, 2.05) is 17.0 Å². The fourth-order valence-electron chi connectivity index (χ4n) is 4.46. The van der Waals surface area contributed by atoms with E-state index in [0.717, 1.165) is 35.5 Å². The number of piperazine rings is 1. The van der Waals surface area contributed by atoms with Crippen molar-refractivity contribution in [3.63, 3.8) is 0 Å². The molecule has 174 valence electrons. The molecule has 0 bridgehead atoms. The highest BCUT2D eigenvalue weighted by Crippen LogP contribution is 2.34. The molecule has 0 radical (unpaired) electrons. The molecular formula is C27H37FN2O2. The van der Waals surface area contributed by atoms with E-state index < -0.39 is 0 Å². The second-order valence-electron chi connectivity index (χ2n) is 9.66. The monoisotopic (exact) mass is 440 g/mol. The summed E-state index contributed by atoms with van der Waals surface area (Å²) < 4.78 is 19.4. The normalized spacial score (nSPS) is 19.6. The van der Waals surface area contributed by atoms with Gasteiger partial charge in [-0.05, 0) is 54.5 Å². The third-order valence-electron chi connectivity index (χ3n) is 6.39. The Bertz CT molecular complexity index is 884. The Labute approximate surface area is 192 Å². The third kappa shape index (κ3) is 5.69. The third-order valence-corrected chi connectivity index (χ3v) is 6.39. The quantitative estimate of drug-likeness (QED) is 0.564. The number of nitrogens with zero attached hydrogens (tertiary/aromatic N) is 2. The molecule has 4 nitrogen and oxygen atoms in total. The zero-order valence-corrected chi connectivity index (χ0v) is 20.3. The maximum atomic E-state index is 13.2. The van der Waals surface area contributed by atoms with Crippen molar-refractivity contribution in [1.82, 2.24) is 9.80 Å². The van der Waals surface area contributed by atoms with E-state index in [9.17, 15) is 9.18 Å². The van der Waals surface area contributed by atoms with Gasteiger partial charge in [-0.15, -0.1) is 0 Å². The first-order valence-electron chi connectivity index (χ1n) is 11.7. The van der Waals surface area contributed by atoms with Crippen molar-refractivity contribution >= 4 is 5.91 Å². The lowest BCUT2D eigenvalue weighted by Gasteiger charge is -2.44. The summed E-state index contributed by atoms with van der Waals surface area (Å²) in [7, 11) is 0. The Morgan fingerprint density at radius 2 is 1.56 bits per heavy atom. The van der Waals surface area contributed by atoms with Crippen molar-refractivity contribution in [2.75, 3.05) is 19.7 Å². The van der Waals surface area contributed by atoms with Gasteiger partial charge in [0, 0.05) is 31.7 Å². The van der Waals surface area contributed by atoms with Gasteiger partial charge in [-0.2, -0.15) is 0 Å². The predicted molar refractivity (Wildman–Crippen MR) is 128 cm³/mol. The van der Waals surface area contributed by atoms with Gasteiger partial charge in [0.2, 0.25) is 0 Å². The summed E-state index contributed by atoms with van der Waals surface area (Å²) in [5.41, 5.74) is 3.38. The number of carbonyl (C=O) groups excluding carboxylic acids is 1. The molecule has 2 aromatic rings. The highest BCUT2D eigenvalue weighted by molar-refractivity contribution is 5.78. The predicted octanol–water partition coefficient (Wildman–Crippen LogP) is 5.57. The number of para-hydroxylation sites is 1. The lowest BCUT2D eigenvalue weighted by Crippen LogP contribution is -2.58. The number of ether oxygens (including phenoxy) is 1. The molecular weight excluding hydrogens is 403 g/mol. The van der Waals surface area contributed by atoms with Crippen LogP contribution in [0.3, 0.4) is 0 Å². The molecule has 1 saturated heterocycles. The summed E-state index contributed by atoms with van der Waals surface area (Å²) >= 11 is 0. The molecule has 1 heterocycles. The van der Waals surface area contributed by atoms with Gasteiger partial charge in [-0.1, -0.05) is 58.0 Å². The number of hydrogen-bond acceptors (Lipinski definition) is 3. The number of amides is 1. The van der Waals surface area contributed by atoms with Crippen molar-refractivity contribution in [2.45, 2.75) is 72.0 Å². The Morgan fingerprint density at radius 1 is 0.969 bits per heavy atom. The van der Waals surface area contributed by atoms with Crippen LogP contribution >= 0.6 is 0 Å². The lowest BCUT2D eigenvalue weighted by atomic mass is 9.94. The minimum atomic E-state index is -0.217. The van der Waals surface area contributed by atoms with E-state index in [1.54, 1.807) is 0 Å². The van der Waals surface area contributed by atoms with Crippen LogP contribution in [0.15, 0.2) is 42.5 Å². The molecule has 1 amide bonds. The van der Waals surface area contributed by atoms with Gasteiger partial charge < -0.3 is 9.64 Å². The van der Waals surface area contributed by atoms with Crippen LogP contribution in [0.2, 0.25) is 0 Å². The highest BCUT2D eigenvalue weighted by atomic mass is 19.1. The van der Waals surface area contributed by atoms with Crippen molar-refractivity contribution in [2.24, 2.45) is 0 Å². The molecule has 1 aliphatic heterocycles. The second-order valence-corrected chi connectivity index (χ2v) is 9.66. The number of halogens is 1. The summed E-state index contributed by atoms with van der Waals surface area (Å²) in [4.78, 5) is 17.4. The minimum Gasteiger partial charge on any atom is -0.483 e. The average Bonchev–Trinajstić information content (AvgIpc) is 2.75. The Balaban J connectivity index is 1.65. The molecule has 1 aliphatic rings. The zero-order chi connectivity index (χ0) is 23.4. The van der Waals surface area contributed by atoms with E-state index in [4.69, 9.17) is 4.74 Å². The summed E-state index contributed by atoms with van der Waals surface area (Å²) in [5, 5.41) is 0. The van der Waals surface area contributed by atoms with E-state index in [1.165, 1.54) is 12.1 Å².